The van der Waals surface area contributed by atoms with Gasteiger partial charge in [-0.2, -0.15) is 0 Å². The van der Waals surface area contributed by atoms with E-state index >= 15 is 0 Å². The van der Waals surface area contributed by atoms with Gasteiger partial charge in [-0.25, -0.2) is 4.79 Å². The van der Waals surface area contributed by atoms with Crippen molar-refractivity contribution in [1.29, 1.82) is 0 Å². The van der Waals surface area contributed by atoms with Gasteiger partial charge in [-0.1, -0.05) is 17.6 Å². The zero-order valence-corrected chi connectivity index (χ0v) is 6.87. The predicted molar refractivity (Wildman–Crippen MR) is 53.1 cm³/mol. The van der Waals surface area contributed by atoms with E-state index in [1.54, 1.807) is 12.1 Å². The Bertz CT molecular complexity index is 314. The van der Waals surface area contributed by atoms with E-state index in [9.17, 15) is 4.79 Å². The molecular weight excluding hydrogens is 152 g/mol. The first-order chi connectivity index (χ1) is 5.65. The highest BCUT2D eigenvalue weighted by molar-refractivity contribution is 6.97. The first-order valence-corrected chi connectivity index (χ1v) is 3.77. The Morgan fingerprint density at radius 2 is 2.25 bits per heavy atom. The molecule has 0 atom stereocenters. The molecule has 0 bridgehead atoms. The summed E-state index contributed by atoms with van der Waals surface area (Å²) < 4.78 is 0. The Balaban J connectivity index is 3.17. The summed E-state index contributed by atoms with van der Waals surface area (Å²) in [6.07, 6.45) is 0. The molecule has 0 amide bonds. The molecule has 60 valence electrons. The van der Waals surface area contributed by atoms with E-state index in [1.165, 1.54) is 0 Å². The summed E-state index contributed by atoms with van der Waals surface area (Å²) in [5.74, 6) is -0.970. The van der Waals surface area contributed by atoms with Crippen LogP contribution in [-0.2, 0) is 0 Å². The van der Waals surface area contributed by atoms with Crippen LogP contribution in [0.1, 0.15) is 10.4 Å². The van der Waals surface area contributed by atoms with Gasteiger partial charge in [-0.15, -0.1) is 0 Å². The number of hydrogen-bond acceptors (Lipinski definition) is 2. The minimum Gasteiger partial charge on any atom is -0.478 e. The van der Waals surface area contributed by atoms with Gasteiger partial charge in [0.15, 0.2) is 0 Å². The highest BCUT2D eigenvalue weighted by Crippen LogP contribution is 2.08. The van der Waals surface area contributed by atoms with Gasteiger partial charge in [0.05, 0.1) is 13.3 Å². The van der Waals surface area contributed by atoms with Gasteiger partial charge < -0.3 is 10.8 Å². The van der Waals surface area contributed by atoms with Crippen molar-refractivity contribution in [2.45, 2.75) is 0 Å². The molecule has 1 rings (SSSR count). The molecule has 0 radical (unpaired) electrons. The normalized spacial score (nSPS) is 9.33. The summed E-state index contributed by atoms with van der Waals surface area (Å²) in [5, 5.41) is 8.71. The van der Waals surface area contributed by atoms with E-state index in [1.807, 2.05) is 13.8 Å². The molecule has 5 heteroatoms. The van der Waals surface area contributed by atoms with E-state index in [4.69, 9.17) is 10.8 Å². The Morgan fingerprint density at radius 1 is 1.58 bits per heavy atom. The van der Waals surface area contributed by atoms with Crippen LogP contribution in [0.25, 0.3) is 0 Å². The van der Waals surface area contributed by atoms with Crippen molar-refractivity contribution >= 4 is 32.0 Å². The number of carboxylic acids is 1. The van der Waals surface area contributed by atoms with E-state index in [-0.39, 0.29) is 5.56 Å². The molecule has 0 fully saturated rings. The van der Waals surface area contributed by atoms with E-state index in [0.29, 0.717) is 5.69 Å². The second kappa shape index (κ2) is 3.34. The molecule has 0 spiro atoms. The molecule has 3 nitrogen and oxygen atoms in total. The topological polar surface area (TPSA) is 63.3 Å². The second-order valence-electron chi connectivity index (χ2n) is 2.58. The molecule has 0 saturated carbocycles. The van der Waals surface area contributed by atoms with Crippen LogP contribution in [-0.4, -0.2) is 26.0 Å². The van der Waals surface area contributed by atoms with Gasteiger partial charge in [0.2, 0.25) is 0 Å². The van der Waals surface area contributed by atoms with Crippen molar-refractivity contribution in [3.63, 3.8) is 0 Å². The van der Waals surface area contributed by atoms with Crippen LogP contribution in [0, 0.1) is 0 Å². The average Bonchev–Trinajstić information content (AvgIpc) is 2.05. The van der Waals surface area contributed by atoms with E-state index in [0.717, 1.165) is 12.6 Å². The van der Waals surface area contributed by atoms with Gasteiger partial charge in [0.25, 0.3) is 0 Å². The summed E-state index contributed by atoms with van der Waals surface area (Å²) in [6, 6.07) is 5.07. The molecule has 1 aromatic carbocycles. The number of nitrogen functional groups attached to an aromatic ring is 1. The highest BCUT2D eigenvalue weighted by Gasteiger charge is 2.07. The minimum atomic E-state index is -0.970. The zero-order valence-electron chi connectivity index (χ0n) is 6.87. The van der Waals surface area contributed by atoms with E-state index in [2.05, 4.69) is 0 Å². The fraction of sp³-hybridized carbons (Fsp3) is 0. The van der Waals surface area contributed by atoms with E-state index < -0.39 is 5.97 Å². The second-order valence-corrected chi connectivity index (χ2v) is 2.58. The van der Waals surface area contributed by atoms with Gasteiger partial charge in [0.1, 0.15) is 7.17 Å². The van der Waals surface area contributed by atoms with Gasteiger partial charge in [0, 0.05) is 5.69 Å². The zero-order chi connectivity index (χ0) is 9.14. The largest absolute Gasteiger partial charge is 0.478 e. The summed E-state index contributed by atoms with van der Waals surface area (Å²) >= 11 is 0. The molecule has 3 N–H and O–H groups in total. The Morgan fingerprint density at radius 3 is 2.75 bits per heavy atom. The van der Waals surface area contributed by atoms with Gasteiger partial charge in [-0.3, -0.25) is 0 Å². The smallest absolute Gasteiger partial charge is 0.337 e. The fourth-order valence-corrected chi connectivity index (χ4v) is 1.01. The molecule has 0 aliphatic rings. The number of anilines is 1. The molecule has 0 unspecified atom stereocenters. The van der Waals surface area contributed by atoms with Crippen molar-refractivity contribution in [1.82, 2.24) is 0 Å². The van der Waals surface area contributed by atoms with Crippen molar-refractivity contribution in [2.75, 3.05) is 5.73 Å². The van der Waals surface area contributed by atoms with Crippen LogP contribution in [0.3, 0.4) is 0 Å². The molecular formula is C7H9B2NO2. The fourth-order valence-electron chi connectivity index (χ4n) is 1.01. The van der Waals surface area contributed by atoms with Crippen molar-refractivity contribution in [3.05, 3.63) is 23.8 Å². The van der Waals surface area contributed by atoms with Gasteiger partial charge in [-0.05, 0) is 6.07 Å². The lowest BCUT2D eigenvalue weighted by molar-refractivity contribution is 0.0698. The van der Waals surface area contributed by atoms with Crippen LogP contribution >= 0.6 is 0 Å². The molecule has 0 heterocycles. The van der Waals surface area contributed by atoms with Crippen molar-refractivity contribution < 1.29 is 9.90 Å². The summed E-state index contributed by atoms with van der Waals surface area (Å²) in [5.41, 5.74) is 6.96. The predicted octanol–water partition coefficient (Wildman–Crippen LogP) is -1.42. The Hall–Kier alpha value is -1.38. The number of carbonyl (C=O) groups is 1. The third kappa shape index (κ3) is 1.61. The van der Waals surface area contributed by atoms with Crippen molar-refractivity contribution in [3.8, 4) is 0 Å². The molecule has 0 saturated heterocycles. The van der Waals surface area contributed by atoms with Gasteiger partial charge >= 0.3 is 5.97 Å². The summed E-state index contributed by atoms with van der Waals surface area (Å²) in [6.45, 7) is 0. The third-order valence-electron chi connectivity index (χ3n) is 1.76. The Kier molecular flexibility index (Phi) is 2.43. The number of aromatic carboxylic acids is 1. The number of carboxylic acid groups (broad SMARTS) is 1. The molecule has 0 aliphatic heterocycles. The minimum absolute atomic E-state index is 0.189. The van der Waals surface area contributed by atoms with Crippen LogP contribution in [0.2, 0.25) is 0 Å². The maximum Gasteiger partial charge on any atom is 0.337 e. The molecule has 0 aliphatic carbocycles. The lowest BCUT2D eigenvalue weighted by atomic mass is 9.51. The van der Waals surface area contributed by atoms with Crippen LogP contribution < -0.4 is 11.2 Å². The van der Waals surface area contributed by atoms with Crippen molar-refractivity contribution in [2.24, 2.45) is 0 Å². The summed E-state index contributed by atoms with van der Waals surface area (Å²) in [7, 11) is 2.79. The first-order valence-electron chi connectivity index (χ1n) is 3.77. The maximum absolute atomic E-state index is 10.6. The van der Waals surface area contributed by atoms with Crippen LogP contribution in [0.4, 0.5) is 5.69 Å². The Labute approximate surface area is 72.2 Å². The highest BCUT2D eigenvalue weighted by atomic mass is 16.4. The summed E-state index contributed by atoms with van der Waals surface area (Å²) in [4.78, 5) is 10.6. The number of benzene rings is 1. The van der Waals surface area contributed by atoms with Crippen LogP contribution in [0.5, 0.6) is 0 Å². The SMILES string of the molecule is BBc1ccc(N)c(C(=O)O)c1. The first kappa shape index (κ1) is 8.71. The number of hydrogen-bond donors (Lipinski definition) is 2. The quantitative estimate of drug-likeness (QED) is 0.413. The lowest BCUT2D eigenvalue weighted by Crippen LogP contribution is -2.17. The molecule has 12 heavy (non-hydrogen) atoms. The standard InChI is InChI=1S/C7H9B2NO2/c8-9-4-1-2-6(10)5(3-4)7(11)12/h1-3,9H,8,10H2,(H,11,12). The molecule has 1 aromatic rings. The average molecular weight is 161 g/mol. The number of rotatable bonds is 2. The monoisotopic (exact) mass is 161 g/mol. The molecule has 0 aromatic heterocycles. The lowest BCUT2D eigenvalue weighted by Gasteiger charge is -2.02. The third-order valence-corrected chi connectivity index (χ3v) is 1.76. The number of nitrogens with two attached hydrogens (primary N) is 1. The van der Waals surface area contributed by atoms with Crippen LogP contribution in [0.15, 0.2) is 18.2 Å². The maximum atomic E-state index is 10.6.